The van der Waals surface area contributed by atoms with Crippen LogP contribution in [-0.2, 0) is 10.8 Å². The van der Waals surface area contributed by atoms with Gasteiger partial charge in [-0.1, -0.05) is 172 Å². The van der Waals surface area contributed by atoms with E-state index in [4.69, 9.17) is 9.73 Å². The zero-order valence-corrected chi connectivity index (χ0v) is 34.3. The Morgan fingerprint density at radius 1 is 0.565 bits per heavy atom. The van der Waals surface area contributed by atoms with Crippen LogP contribution in [0.4, 0.5) is 0 Å². The average Bonchev–Trinajstić information content (AvgIpc) is 3.90. The quantitative estimate of drug-likeness (QED) is 0.180. The molecule has 5 aliphatic rings. The van der Waals surface area contributed by atoms with Crippen molar-refractivity contribution < 1.29 is 4.74 Å². The molecule has 8 aromatic carbocycles. The topological polar surface area (TPSA) is 38.5 Å². The van der Waals surface area contributed by atoms with Crippen molar-refractivity contribution in [3.8, 4) is 33.8 Å². The van der Waals surface area contributed by atoms with Gasteiger partial charge in [0.15, 0.2) is 0 Å². The van der Waals surface area contributed by atoms with Crippen molar-refractivity contribution in [2.24, 2.45) is 4.99 Å². The van der Waals surface area contributed by atoms with E-state index in [9.17, 15) is 0 Å². The zero-order chi connectivity index (χ0) is 40.9. The highest BCUT2D eigenvalue weighted by molar-refractivity contribution is 6.28. The molecule has 1 aromatic heterocycles. The molecule has 0 amide bonds. The van der Waals surface area contributed by atoms with E-state index in [0.717, 1.165) is 50.9 Å². The molecule has 292 valence electrons. The third kappa shape index (κ3) is 4.19. The van der Waals surface area contributed by atoms with Crippen molar-refractivity contribution in [1.29, 1.82) is 0 Å². The smallest absolute Gasteiger partial charge is 0.209 e. The first-order valence-electron chi connectivity index (χ1n) is 21.7. The molecule has 0 fully saturated rings. The Morgan fingerprint density at radius 2 is 1.23 bits per heavy atom. The Balaban J connectivity index is 1.07. The van der Waals surface area contributed by atoms with E-state index >= 15 is 0 Å². The molecule has 0 bridgehead atoms. The fourth-order valence-corrected chi connectivity index (χ4v) is 11.9. The van der Waals surface area contributed by atoms with Crippen LogP contribution < -0.4 is 10.1 Å². The molecule has 1 atom stereocenters. The molecule has 3 heterocycles. The molecular weight excluding hydrogens is 755 g/mol. The van der Waals surface area contributed by atoms with E-state index in [0.29, 0.717) is 0 Å². The number of aliphatic imine (C=N–C) groups is 1. The van der Waals surface area contributed by atoms with Crippen molar-refractivity contribution in [2.75, 3.05) is 0 Å². The summed E-state index contributed by atoms with van der Waals surface area (Å²) in [5.41, 5.74) is 17.6. The predicted octanol–water partition coefficient (Wildman–Crippen LogP) is 13.4. The van der Waals surface area contributed by atoms with Gasteiger partial charge in [-0.15, -0.1) is 0 Å². The van der Waals surface area contributed by atoms with Gasteiger partial charge >= 0.3 is 0 Å². The number of ether oxygens (including phenoxy) is 1. The minimum atomic E-state index is -0.573. The number of nitrogens with zero attached hydrogens (tertiary/aromatic N) is 2. The van der Waals surface area contributed by atoms with E-state index < -0.39 is 5.41 Å². The van der Waals surface area contributed by atoms with Crippen molar-refractivity contribution in [3.63, 3.8) is 0 Å². The van der Waals surface area contributed by atoms with Gasteiger partial charge in [-0.2, -0.15) is 0 Å². The Kier molecular flexibility index (Phi) is 6.59. The number of aromatic nitrogens is 1. The van der Waals surface area contributed by atoms with Gasteiger partial charge in [0.1, 0.15) is 11.5 Å². The maximum Gasteiger partial charge on any atom is 0.209 e. The van der Waals surface area contributed by atoms with E-state index in [2.05, 4.69) is 212 Å². The Morgan fingerprint density at radius 3 is 2.05 bits per heavy atom. The standard InChI is InChI=1S/C58H39N3O/c1-57(2)41-20-8-5-17-37(41)38-29-27-35(33-46(38)57)55-40-19-7-12-24-47(40)59-56(60-55)61-48-31-28-34-15-3-4-16-36(34)53(48)54-49(61)32-30-45-52(54)39-18-6-9-21-42(39)58(45)43-22-10-13-25-50(43)62-51-26-14-11-23-44(51)58/h3-33,47H,1-2H3,(H,59,60). The maximum atomic E-state index is 6.69. The largest absolute Gasteiger partial charge is 0.457 e. The first-order chi connectivity index (χ1) is 30.5. The summed E-state index contributed by atoms with van der Waals surface area (Å²) < 4.78 is 9.09. The molecular formula is C58H39N3O. The second-order valence-corrected chi connectivity index (χ2v) is 17.8. The summed E-state index contributed by atoms with van der Waals surface area (Å²) in [7, 11) is 0. The molecule has 1 unspecified atom stereocenters. The highest BCUT2D eigenvalue weighted by atomic mass is 16.5. The molecule has 1 spiro atoms. The van der Waals surface area contributed by atoms with Gasteiger partial charge in [0.05, 0.1) is 28.2 Å². The van der Waals surface area contributed by atoms with Crippen molar-refractivity contribution in [1.82, 2.24) is 9.88 Å². The second kappa shape index (κ2) is 12.0. The molecule has 14 rings (SSSR count). The SMILES string of the molecule is CC1(C)c2ccccc2-c2ccc(C3=C4C=CC=CC4NC(n4c5ccc6c(c5c5c7ccccc7ccc54)-c4ccccc4C64c5ccccc5Oc5ccccc54)=N3)cc21. The molecule has 0 saturated heterocycles. The lowest BCUT2D eigenvalue weighted by Gasteiger charge is -2.39. The Bertz CT molecular complexity index is 3580. The highest BCUT2D eigenvalue weighted by Crippen LogP contribution is 2.64. The third-order valence-electron chi connectivity index (χ3n) is 14.5. The summed E-state index contributed by atoms with van der Waals surface area (Å²) >= 11 is 0. The maximum absolute atomic E-state index is 6.69. The van der Waals surface area contributed by atoms with E-state index in [1.807, 2.05) is 0 Å². The number of para-hydroxylation sites is 2. The van der Waals surface area contributed by atoms with Crippen LogP contribution in [0, 0.1) is 0 Å². The normalized spacial score (nSPS) is 17.8. The summed E-state index contributed by atoms with van der Waals surface area (Å²) in [6, 6.07) is 60.2. The van der Waals surface area contributed by atoms with Crippen LogP contribution in [0.3, 0.4) is 0 Å². The minimum absolute atomic E-state index is 0.0532. The summed E-state index contributed by atoms with van der Waals surface area (Å²) in [5.74, 6) is 2.60. The molecule has 62 heavy (non-hydrogen) atoms. The summed E-state index contributed by atoms with van der Waals surface area (Å²) in [5, 5.41) is 8.84. The number of allylic oxidation sites excluding steroid dienone is 2. The number of fused-ring (bicyclic) bond motifs is 19. The average molecular weight is 794 g/mol. The number of hydrogen-bond donors (Lipinski definition) is 1. The summed E-state index contributed by atoms with van der Waals surface area (Å²) in [6.45, 7) is 4.70. The molecule has 9 aromatic rings. The van der Waals surface area contributed by atoms with Crippen molar-refractivity contribution >= 4 is 44.2 Å². The minimum Gasteiger partial charge on any atom is -0.457 e. The van der Waals surface area contributed by atoms with Gasteiger partial charge in [0.2, 0.25) is 5.96 Å². The van der Waals surface area contributed by atoms with E-state index in [1.165, 1.54) is 71.6 Å². The Labute approximate surface area is 359 Å². The lowest BCUT2D eigenvalue weighted by atomic mass is 9.66. The monoisotopic (exact) mass is 793 g/mol. The molecule has 3 aliphatic carbocycles. The number of nitrogens with one attached hydrogen (secondary N) is 1. The second-order valence-electron chi connectivity index (χ2n) is 17.8. The fraction of sp³-hybridized carbons (Fsp3) is 0.0862. The number of benzene rings is 8. The van der Waals surface area contributed by atoms with Crippen LogP contribution in [0.5, 0.6) is 11.5 Å². The fourth-order valence-electron chi connectivity index (χ4n) is 11.9. The van der Waals surface area contributed by atoms with Gasteiger partial charge in [-0.3, -0.25) is 4.57 Å². The van der Waals surface area contributed by atoms with Crippen molar-refractivity contribution in [3.05, 3.63) is 233 Å². The summed E-state index contributed by atoms with van der Waals surface area (Å²) in [6.07, 6.45) is 8.78. The molecule has 0 saturated carbocycles. The van der Waals surface area contributed by atoms with Crippen LogP contribution in [0.25, 0.3) is 60.5 Å². The molecule has 2 aliphatic heterocycles. The summed E-state index contributed by atoms with van der Waals surface area (Å²) in [4.78, 5) is 5.71. The predicted molar refractivity (Wildman–Crippen MR) is 253 cm³/mol. The van der Waals surface area contributed by atoms with Gasteiger partial charge in [0, 0.05) is 38.5 Å². The van der Waals surface area contributed by atoms with Crippen LogP contribution in [-0.4, -0.2) is 16.6 Å². The first kappa shape index (κ1) is 34.1. The number of hydrogen-bond acceptors (Lipinski definition) is 3. The zero-order valence-electron chi connectivity index (χ0n) is 34.3. The molecule has 0 radical (unpaired) electrons. The van der Waals surface area contributed by atoms with Gasteiger partial charge in [-0.05, 0) is 85.6 Å². The van der Waals surface area contributed by atoms with Gasteiger partial charge in [0.25, 0.3) is 0 Å². The van der Waals surface area contributed by atoms with Crippen molar-refractivity contribution in [2.45, 2.75) is 30.7 Å². The number of rotatable bonds is 1. The first-order valence-corrected chi connectivity index (χ1v) is 21.7. The van der Waals surface area contributed by atoms with Crippen LogP contribution in [0.15, 0.2) is 199 Å². The van der Waals surface area contributed by atoms with E-state index in [-0.39, 0.29) is 11.5 Å². The molecule has 1 N–H and O–H groups in total. The van der Waals surface area contributed by atoms with Crippen LogP contribution >= 0.6 is 0 Å². The lowest BCUT2D eigenvalue weighted by Crippen LogP contribution is -2.42. The lowest BCUT2D eigenvalue weighted by molar-refractivity contribution is 0.436. The van der Waals surface area contributed by atoms with Gasteiger partial charge in [-0.25, -0.2) is 4.99 Å². The Hall–Kier alpha value is -7.69. The van der Waals surface area contributed by atoms with Gasteiger partial charge < -0.3 is 10.1 Å². The van der Waals surface area contributed by atoms with Crippen LogP contribution in [0.1, 0.15) is 52.8 Å². The third-order valence-corrected chi connectivity index (χ3v) is 14.5. The van der Waals surface area contributed by atoms with E-state index in [1.54, 1.807) is 0 Å². The molecule has 4 heteroatoms. The highest BCUT2D eigenvalue weighted by Gasteiger charge is 2.52. The van der Waals surface area contributed by atoms with Crippen LogP contribution in [0.2, 0.25) is 0 Å². The molecule has 4 nitrogen and oxygen atoms in total.